The summed E-state index contributed by atoms with van der Waals surface area (Å²) in [5, 5.41) is 11.1. The van der Waals surface area contributed by atoms with Crippen LogP contribution >= 0.6 is 0 Å². The third kappa shape index (κ3) is 5.03. The second-order valence-electron chi connectivity index (χ2n) is 7.73. The molecule has 2 aromatic carbocycles. The number of rotatable bonds is 10. The van der Waals surface area contributed by atoms with E-state index in [1.165, 1.54) is 0 Å². The topological polar surface area (TPSA) is 79.3 Å². The lowest BCUT2D eigenvalue weighted by atomic mass is 9.95. The van der Waals surface area contributed by atoms with Crippen LogP contribution in [0, 0.1) is 0 Å². The fourth-order valence-electron chi connectivity index (χ4n) is 4.13. The Morgan fingerprint density at radius 1 is 1.03 bits per heavy atom. The number of aliphatic hydroxyl groups excluding tert-OH is 1. The van der Waals surface area contributed by atoms with Gasteiger partial charge in [0.05, 0.1) is 25.3 Å². The number of carbonyl (C=O) groups is 2. The van der Waals surface area contributed by atoms with Gasteiger partial charge in [0, 0.05) is 18.7 Å². The van der Waals surface area contributed by atoms with E-state index in [2.05, 4.69) is 18.7 Å². The molecule has 0 unspecified atom stereocenters. The zero-order chi connectivity index (χ0) is 24.0. The van der Waals surface area contributed by atoms with Crippen molar-refractivity contribution >= 4 is 17.4 Å². The smallest absolute Gasteiger partial charge is 0.295 e. The van der Waals surface area contributed by atoms with Crippen molar-refractivity contribution in [3.63, 3.8) is 0 Å². The lowest BCUT2D eigenvalue weighted by Gasteiger charge is -2.28. The molecular weight excluding hydrogens is 420 g/mol. The highest BCUT2D eigenvalue weighted by molar-refractivity contribution is 6.46. The summed E-state index contributed by atoms with van der Waals surface area (Å²) in [5.74, 6) is -0.404. The minimum Gasteiger partial charge on any atom is -0.507 e. The average Bonchev–Trinajstić information content (AvgIpc) is 3.10. The Balaban J connectivity index is 2.13. The Hall–Kier alpha value is -3.32. The van der Waals surface area contributed by atoms with Crippen molar-refractivity contribution in [2.45, 2.75) is 26.8 Å². The van der Waals surface area contributed by atoms with Crippen LogP contribution in [0.15, 0.2) is 54.1 Å². The molecule has 0 aliphatic carbocycles. The molecule has 0 bridgehead atoms. The highest BCUT2D eigenvalue weighted by atomic mass is 16.5. The van der Waals surface area contributed by atoms with Gasteiger partial charge in [-0.3, -0.25) is 9.59 Å². The largest absolute Gasteiger partial charge is 0.507 e. The van der Waals surface area contributed by atoms with Crippen LogP contribution in [-0.2, 0) is 9.59 Å². The lowest BCUT2D eigenvalue weighted by molar-refractivity contribution is -0.140. The zero-order valence-corrected chi connectivity index (χ0v) is 19.7. The first-order valence-electron chi connectivity index (χ1n) is 11.3. The number of likely N-dealkylation sites (N-methyl/N-ethyl adjacent to an activating group) is 1. The number of likely N-dealkylation sites (tertiary alicyclic amines) is 1. The Morgan fingerprint density at radius 3 is 2.33 bits per heavy atom. The molecule has 0 spiro atoms. The SMILES string of the molecule is CCOc1ccc([C@@H]2C(=C(O)c3ccccc3)C(=O)C(=O)N2CCN(CC)CC)cc1OC. The van der Waals surface area contributed by atoms with Crippen LogP contribution in [0.3, 0.4) is 0 Å². The summed E-state index contributed by atoms with van der Waals surface area (Å²) >= 11 is 0. The van der Waals surface area contributed by atoms with Crippen LogP contribution in [0.2, 0.25) is 0 Å². The molecule has 1 fully saturated rings. The highest BCUT2D eigenvalue weighted by Crippen LogP contribution is 2.41. The number of ketones is 1. The maximum Gasteiger partial charge on any atom is 0.295 e. The third-order valence-corrected chi connectivity index (χ3v) is 5.94. The van der Waals surface area contributed by atoms with Crippen molar-refractivity contribution in [2.24, 2.45) is 0 Å². The number of methoxy groups -OCH3 is 1. The quantitative estimate of drug-likeness (QED) is 0.335. The highest BCUT2D eigenvalue weighted by Gasteiger charge is 2.46. The number of aliphatic hydroxyl groups is 1. The molecule has 0 saturated carbocycles. The van der Waals surface area contributed by atoms with Gasteiger partial charge >= 0.3 is 0 Å². The van der Waals surface area contributed by atoms with Gasteiger partial charge in [-0.1, -0.05) is 50.2 Å². The van der Waals surface area contributed by atoms with E-state index < -0.39 is 17.7 Å². The monoisotopic (exact) mass is 452 g/mol. The molecule has 0 aromatic heterocycles. The maximum atomic E-state index is 13.1. The molecule has 7 nitrogen and oxygen atoms in total. The normalized spacial score (nSPS) is 17.6. The van der Waals surface area contributed by atoms with Gasteiger partial charge in [-0.15, -0.1) is 0 Å². The van der Waals surface area contributed by atoms with E-state index in [9.17, 15) is 14.7 Å². The number of amides is 1. The molecule has 1 aliphatic rings. The van der Waals surface area contributed by atoms with Crippen LogP contribution < -0.4 is 9.47 Å². The van der Waals surface area contributed by atoms with Crippen LogP contribution in [0.4, 0.5) is 0 Å². The molecule has 2 aromatic rings. The molecule has 1 saturated heterocycles. The summed E-state index contributed by atoms with van der Waals surface area (Å²) < 4.78 is 11.1. The molecule has 1 aliphatic heterocycles. The van der Waals surface area contributed by atoms with Crippen LogP contribution in [0.25, 0.3) is 5.76 Å². The van der Waals surface area contributed by atoms with Crippen molar-refractivity contribution in [1.82, 2.24) is 9.80 Å². The Morgan fingerprint density at radius 2 is 1.73 bits per heavy atom. The molecule has 176 valence electrons. The summed E-state index contributed by atoms with van der Waals surface area (Å²) in [6.07, 6.45) is 0. The fraction of sp³-hybridized carbons (Fsp3) is 0.385. The van der Waals surface area contributed by atoms with Gasteiger partial charge in [-0.2, -0.15) is 0 Å². The standard InChI is InChI=1S/C26H32N2O5/c1-5-27(6-2)15-16-28-23(19-13-14-20(33-7-3)21(17-19)32-4)22(25(30)26(28)31)24(29)18-11-9-8-10-12-18/h8-14,17,23,29H,5-7,15-16H2,1-4H3/t23-/m1/s1. The van der Waals surface area contributed by atoms with E-state index in [0.717, 1.165) is 13.1 Å². The van der Waals surface area contributed by atoms with Crippen LogP contribution in [0.5, 0.6) is 11.5 Å². The summed E-state index contributed by atoms with van der Waals surface area (Å²) in [4.78, 5) is 30.0. The first-order valence-corrected chi connectivity index (χ1v) is 11.3. The van der Waals surface area contributed by atoms with E-state index >= 15 is 0 Å². The number of hydrogen-bond donors (Lipinski definition) is 1. The number of nitrogens with zero attached hydrogens (tertiary/aromatic N) is 2. The van der Waals surface area contributed by atoms with E-state index in [-0.39, 0.29) is 11.3 Å². The molecule has 1 heterocycles. The van der Waals surface area contributed by atoms with Crippen molar-refractivity contribution in [1.29, 1.82) is 0 Å². The Labute approximate surface area is 195 Å². The predicted octanol–water partition coefficient (Wildman–Crippen LogP) is 3.86. The van der Waals surface area contributed by atoms with Crippen molar-refractivity contribution in [3.8, 4) is 11.5 Å². The number of benzene rings is 2. The fourth-order valence-corrected chi connectivity index (χ4v) is 4.13. The zero-order valence-electron chi connectivity index (χ0n) is 19.7. The van der Waals surface area contributed by atoms with Gasteiger partial charge in [0.25, 0.3) is 11.7 Å². The first kappa shape index (κ1) is 24.3. The van der Waals surface area contributed by atoms with Crippen LogP contribution in [0.1, 0.15) is 37.9 Å². The van der Waals surface area contributed by atoms with Crippen molar-refractivity contribution < 1.29 is 24.2 Å². The van der Waals surface area contributed by atoms with Crippen molar-refractivity contribution in [3.05, 3.63) is 65.2 Å². The average molecular weight is 453 g/mol. The summed E-state index contributed by atoms with van der Waals surface area (Å²) in [6, 6.07) is 13.4. The molecule has 33 heavy (non-hydrogen) atoms. The van der Waals surface area contributed by atoms with E-state index in [1.807, 2.05) is 19.1 Å². The second kappa shape index (κ2) is 11.0. The maximum absolute atomic E-state index is 13.1. The number of Topliss-reactive ketones (excluding diaryl/α,β-unsaturated/α-hetero) is 1. The van der Waals surface area contributed by atoms with Gasteiger partial charge in [-0.05, 0) is 37.7 Å². The van der Waals surface area contributed by atoms with Crippen LogP contribution in [-0.4, -0.2) is 66.5 Å². The minimum atomic E-state index is -0.731. The summed E-state index contributed by atoms with van der Waals surface area (Å²) in [7, 11) is 1.54. The lowest BCUT2D eigenvalue weighted by Crippen LogP contribution is -2.38. The molecule has 1 atom stereocenters. The first-order chi connectivity index (χ1) is 16.0. The number of ether oxygens (including phenoxy) is 2. The van der Waals surface area contributed by atoms with Gasteiger partial charge in [0.1, 0.15) is 5.76 Å². The minimum absolute atomic E-state index is 0.0805. The van der Waals surface area contributed by atoms with E-state index in [1.54, 1.807) is 48.4 Å². The third-order valence-electron chi connectivity index (χ3n) is 5.94. The Bertz CT molecular complexity index is 1010. The summed E-state index contributed by atoms with van der Waals surface area (Å²) in [6.45, 7) is 9.14. The molecule has 7 heteroatoms. The van der Waals surface area contributed by atoms with Gasteiger partial charge in [-0.25, -0.2) is 0 Å². The van der Waals surface area contributed by atoms with E-state index in [0.29, 0.717) is 42.3 Å². The van der Waals surface area contributed by atoms with Crippen molar-refractivity contribution in [2.75, 3.05) is 39.9 Å². The van der Waals surface area contributed by atoms with Gasteiger partial charge < -0.3 is 24.4 Å². The molecule has 1 amide bonds. The van der Waals surface area contributed by atoms with E-state index in [4.69, 9.17) is 9.47 Å². The molecular formula is C26H32N2O5. The molecule has 3 rings (SSSR count). The van der Waals surface area contributed by atoms with Gasteiger partial charge in [0.2, 0.25) is 0 Å². The number of hydrogen-bond acceptors (Lipinski definition) is 6. The Kier molecular flexibility index (Phi) is 8.11. The number of carbonyl (C=O) groups excluding carboxylic acids is 2. The van der Waals surface area contributed by atoms with Gasteiger partial charge in [0.15, 0.2) is 11.5 Å². The molecule has 0 radical (unpaired) electrons. The second-order valence-corrected chi connectivity index (χ2v) is 7.73. The summed E-state index contributed by atoms with van der Waals surface area (Å²) in [5.41, 5.74) is 1.24. The predicted molar refractivity (Wildman–Crippen MR) is 127 cm³/mol. The molecule has 1 N–H and O–H groups in total.